The van der Waals surface area contributed by atoms with Gasteiger partial charge in [-0.05, 0) is 26.3 Å². The van der Waals surface area contributed by atoms with Crippen molar-refractivity contribution in [2.45, 2.75) is 38.9 Å². The molecule has 0 bridgehead atoms. The maximum Gasteiger partial charge on any atom is 0.321 e. The normalized spacial score (nSPS) is 10.5. The fourth-order valence-electron chi connectivity index (χ4n) is 2.25. The highest BCUT2D eigenvalue weighted by Crippen LogP contribution is 2.24. The summed E-state index contributed by atoms with van der Waals surface area (Å²) < 4.78 is 1.96. The van der Waals surface area contributed by atoms with Crippen LogP contribution in [0.4, 0.5) is 4.79 Å². The number of aromatic nitrogens is 3. The quantitative estimate of drug-likeness (QED) is 0.740. The number of rotatable bonds is 7. The highest BCUT2D eigenvalue weighted by molar-refractivity contribution is 7.99. The number of amides is 3. The van der Waals surface area contributed by atoms with Crippen LogP contribution in [0, 0.1) is 6.92 Å². The molecule has 1 heterocycles. The maximum atomic E-state index is 11.9. The summed E-state index contributed by atoms with van der Waals surface area (Å²) in [4.78, 5) is 23.3. The second kappa shape index (κ2) is 9.22. The number of nitrogens with one attached hydrogen (secondary N) is 2. The van der Waals surface area contributed by atoms with Crippen molar-refractivity contribution < 1.29 is 9.59 Å². The SMILES string of the molecule is CCCNC(=O)NC(=O)CSc1nnc(-c2cccc(C)c2)n1CC. The first-order chi connectivity index (χ1) is 12.0. The van der Waals surface area contributed by atoms with Crippen LogP contribution in [0.15, 0.2) is 29.4 Å². The molecule has 0 saturated heterocycles. The van der Waals surface area contributed by atoms with E-state index in [0.717, 1.165) is 23.4 Å². The first-order valence-corrected chi connectivity index (χ1v) is 9.24. The largest absolute Gasteiger partial charge is 0.338 e. The Labute approximate surface area is 151 Å². The van der Waals surface area contributed by atoms with Gasteiger partial charge in [0.15, 0.2) is 11.0 Å². The van der Waals surface area contributed by atoms with Crippen molar-refractivity contribution in [3.8, 4) is 11.4 Å². The molecule has 0 aliphatic rings. The molecule has 0 fully saturated rings. The number of hydrogen-bond donors (Lipinski definition) is 2. The van der Waals surface area contributed by atoms with E-state index < -0.39 is 6.03 Å². The lowest BCUT2D eigenvalue weighted by Gasteiger charge is -2.08. The smallest absolute Gasteiger partial charge is 0.321 e. The summed E-state index contributed by atoms with van der Waals surface area (Å²) >= 11 is 1.26. The number of benzene rings is 1. The Morgan fingerprint density at radius 3 is 2.72 bits per heavy atom. The zero-order valence-electron chi connectivity index (χ0n) is 14.7. The third kappa shape index (κ3) is 5.32. The fraction of sp³-hybridized carbons (Fsp3) is 0.412. The number of thioether (sulfide) groups is 1. The van der Waals surface area contributed by atoms with E-state index >= 15 is 0 Å². The molecule has 8 heteroatoms. The average Bonchev–Trinajstić information content (AvgIpc) is 3.01. The zero-order valence-corrected chi connectivity index (χ0v) is 15.5. The summed E-state index contributed by atoms with van der Waals surface area (Å²) in [6, 6.07) is 7.58. The molecule has 134 valence electrons. The average molecular weight is 361 g/mol. The molecule has 0 atom stereocenters. The van der Waals surface area contributed by atoms with Crippen LogP contribution in [-0.4, -0.2) is 39.0 Å². The fourth-order valence-corrected chi connectivity index (χ4v) is 3.06. The van der Waals surface area contributed by atoms with E-state index in [0.29, 0.717) is 18.2 Å². The first-order valence-electron chi connectivity index (χ1n) is 8.25. The van der Waals surface area contributed by atoms with Crippen molar-refractivity contribution in [2.75, 3.05) is 12.3 Å². The molecule has 0 saturated carbocycles. The van der Waals surface area contributed by atoms with Gasteiger partial charge in [-0.25, -0.2) is 4.79 Å². The Balaban J connectivity index is 2.01. The predicted molar refractivity (Wildman–Crippen MR) is 98.4 cm³/mol. The molecular formula is C17H23N5O2S. The van der Waals surface area contributed by atoms with Crippen LogP contribution in [0.2, 0.25) is 0 Å². The van der Waals surface area contributed by atoms with Crippen LogP contribution in [0.3, 0.4) is 0 Å². The minimum absolute atomic E-state index is 0.103. The van der Waals surface area contributed by atoms with E-state index in [1.165, 1.54) is 11.8 Å². The highest BCUT2D eigenvalue weighted by atomic mass is 32.2. The lowest BCUT2D eigenvalue weighted by atomic mass is 10.1. The van der Waals surface area contributed by atoms with Crippen LogP contribution >= 0.6 is 11.8 Å². The summed E-state index contributed by atoms with van der Waals surface area (Å²) in [5, 5.41) is 14.0. The number of aryl methyl sites for hydroxylation is 1. The van der Waals surface area contributed by atoms with Crippen molar-refractivity contribution in [2.24, 2.45) is 0 Å². The van der Waals surface area contributed by atoms with Gasteiger partial charge < -0.3 is 9.88 Å². The van der Waals surface area contributed by atoms with Gasteiger partial charge in [0.25, 0.3) is 0 Å². The number of imide groups is 1. The van der Waals surface area contributed by atoms with E-state index in [2.05, 4.69) is 26.9 Å². The van der Waals surface area contributed by atoms with Crippen molar-refractivity contribution in [1.29, 1.82) is 0 Å². The van der Waals surface area contributed by atoms with E-state index in [1.807, 2.05) is 43.5 Å². The summed E-state index contributed by atoms with van der Waals surface area (Å²) in [6.07, 6.45) is 0.817. The Hall–Kier alpha value is -2.35. The summed E-state index contributed by atoms with van der Waals surface area (Å²) in [5.74, 6) is 0.516. The van der Waals surface area contributed by atoms with Crippen LogP contribution in [0.25, 0.3) is 11.4 Å². The molecule has 1 aromatic heterocycles. The molecule has 1 aromatic carbocycles. The van der Waals surface area contributed by atoms with Crippen LogP contribution in [0.1, 0.15) is 25.8 Å². The van der Waals surface area contributed by atoms with E-state index in [4.69, 9.17) is 0 Å². The summed E-state index contributed by atoms with van der Waals surface area (Å²) in [7, 11) is 0. The molecule has 2 N–H and O–H groups in total. The molecule has 2 aromatic rings. The number of hydrogen-bond acceptors (Lipinski definition) is 5. The van der Waals surface area contributed by atoms with E-state index in [-0.39, 0.29) is 11.7 Å². The minimum atomic E-state index is -0.468. The van der Waals surface area contributed by atoms with Gasteiger partial charge in [0.05, 0.1) is 5.75 Å². The van der Waals surface area contributed by atoms with Gasteiger partial charge in [-0.15, -0.1) is 10.2 Å². The third-order valence-electron chi connectivity index (χ3n) is 3.43. The van der Waals surface area contributed by atoms with Crippen LogP contribution < -0.4 is 10.6 Å². The second-order valence-electron chi connectivity index (χ2n) is 5.51. The van der Waals surface area contributed by atoms with Gasteiger partial charge in [-0.2, -0.15) is 0 Å². The summed E-state index contributed by atoms with van der Waals surface area (Å²) in [6.45, 7) is 7.21. The predicted octanol–water partition coefficient (Wildman–Crippen LogP) is 2.60. The minimum Gasteiger partial charge on any atom is -0.338 e. The molecule has 0 aliphatic heterocycles. The topological polar surface area (TPSA) is 88.9 Å². The Bertz CT molecular complexity index is 744. The van der Waals surface area contributed by atoms with Gasteiger partial charge in [-0.3, -0.25) is 10.1 Å². The molecule has 7 nitrogen and oxygen atoms in total. The molecule has 0 aliphatic carbocycles. The first kappa shape index (κ1) is 19.0. The molecule has 2 rings (SSSR count). The number of carbonyl (C=O) groups excluding carboxylic acids is 2. The summed E-state index contributed by atoms with van der Waals surface area (Å²) in [5.41, 5.74) is 2.14. The lowest BCUT2D eigenvalue weighted by molar-refractivity contribution is -0.117. The van der Waals surface area contributed by atoms with E-state index in [1.54, 1.807) is 0 Å². The zero-order chi connectivity index (χ0) is 18.2. The Morgan fingerprint density at radius 2 is 2.04 bits per heavy atom. The molecule has 0 radical (unpaired) electrons. The molecular weight excluding hydrogens is 338 g/mol. The van der Waals surface area contributed by atoms with Crippen molar-refractivity contribution in [3.05, 3.63) is 29.8 Å². The molecule has 0 unspecified atom stereocenters. The van der Waals surface area contributed by atoms with Gasteiger partial charge in [0.2, 0.25) is 5.91 Å². The van der Waals surface area contributed by atoms with Crippen molar-refractivity contribution in [3.63, 3.8) is 0 Å². The van der Waals surface area contributed by atoms with E-state index in [9.17, 15) is 9.59 Å². The molecule has 0 spiro atoms. The Kier molecular flexibility index (Phi) is 7.00. The number of urea groups is 1. The second-order valence-corrected chi connectivity index (χ2v) is 6.46. The van der Waals surface area contributed by atoms with Gasteiger partial charge >= 0.3 is 6.03 Å². The highest BCUT2D eigenvalue weighted by Gasteiger charge is 2.15. The third-order valence-corrected chi connectivity index (χ3v) is 4.40. The molecule has 25 heavy (non-hydrogen) atoms. The Morgan fingerprint density at radius 1 is 1.24 bits per heavy atom. The van der Waals surface area contributed by atoms with Crippen molar-refractivity contribution >= 4 is 23.7 Å². The van der Waals surface area contributed by atoms with Gasteiger partial charge in [0, 0.05) is 18.7 Å². The van der Waals surface area contributed by atoms with Gasteiger partial charge in [0.1, 0.15) is 0 Å². The molecule has 3 amide bonds. The number of carbonyl (C=O) groups is 2. The van der Waals surface area contributed by atoms with Crippen molar-refractivity contribution in [1.82, 2.24) is 25.4 Å². The maximum absolute atomic E-state index is 11.9. The van der Waals surface area contributed by atoms with Crippen LogP contribution in [0.5, 0.6) is 0 Å². The monoisotopic (exact) mass is 361 g/mol. The van der Waals surface area contributed by atoms with Gasteiger partial charge in [-0.1, -0.05) is 42.4 Å². The standard InChI is InChI=1S/C17H23N5O2S/c1-4-9-18-16(24)19-14(23)11-25-17-21-20-15(22(17)5-2)13-8-6-7-12(3)10-13/h6-8,10H,4-5,9,11H2,1-3H3,(H2,18,19,23,24). The number of nitrogens with zero attached hydrogens (tertiary/aromatic N) is 3. The lowest BCUT2D eigenvalue weighted by Crippen LogP contribution is -2.40. The van der Waals surface area contributed by atoms with Crippen LogP contribution in [-0.2, 0) is 11.3 Å².